The number of aryl methyl sites for hydroxylation is 1. The average Bonchev–Trinajstić information content (AvgIpc) is 2.72. The van der Waals surface area contributed by atoms with Crippen molar-refractivity contribution in [2.45, 2.75) is 24.3 Å². The standard InChI is InChI=1S/C22H28N4O2S/c1-17-16-20(27)24(3)22(23-17)29-18(2)21(28)26-14-12-25(13-15-26)11-7-10-19-8-5-4-6-9-19/h4-10,16,18H,11-15H2,1-3H3/b10-7+. The Morgan fingerprint density at radius 3 is 2.59 bits per heavy atom. The van der Waals surface area contributed by atoms with Crippen molar-refractivity contribution < 1.29 is 4.79 Å². The zero-order valence-electron chi connectivity index (χ0n) is 17.2. The number of benzene rings is 1. The van der Waals surface area contributed by atoms with Crippen LogP contribution in [0.1, 0.15) is 18.2 Å². The summed E-state index contributed by atoms with van der Waals surface area (Å²) in [6.07, 6.45) is 4.31. The lowest BCUT2D eigenvalue weighted by molar-refractivity contribution is -0.131. The summed E-state index contributed by atoms with van der Waals surface area (Å²) in [4.78, 5) is 33.5. The van der Waals surface area contributed by atoms with Crippen molar-refractivity contribution in [3.63, 3.8) is 0 Å². The number of rotatable bonds is 6. The second kappa shape index (κ2) is 9.89. The van der Waals surface area contributed by atoms with Gasteiger partial charge in [-0.05, 0) is 19.4 Å². The molecule has 6 nitrogen and oxygen atoms in total. The van der Waals surface area contributed by atoms with Crippen molar-refractivity contribution in [3.8, 4) is 0 Å². The highest BCUT2D eigenvalue weighted by Gasteiger charge is 2.26. The molecule has 1 saturated heterocycles. The smallest absolute Gasteiger partial charge is 0.254 e. The maximum absolute atomic E-state index is 12.8. The van der Waals surface area contributed by atoms with Crippen LogP contribution in [0.5, 0.6) is 0 Å². The van der Waals surface area contributed by atoms with Crippen LogP contribution in [0.2, 0.25) is 0 Å². The van der Waals surface area contributed by atoms with E-state index in [9.17, 15) is 9.59 Å². The van der Waals surface area contributed by atoms with Gasteiger partial charge in [0, 0.05) is 51.5 Å². The van der Waals surface area contributed by atoms with Crippen molar-refractivity contribution in [1.29, 1.82) is 0 Å². The Morgan fingerprint density at radius 2 is 1.90 bits per heavy atom. The molecule has 1 unspecified atom stereocenters. The lowest BCUT2D eigenvalue weighted by Gasteiger charge is -2.35. The van der Waals surface area contributed by atoms with Crippen molar-refractivity contribution >= 4 is 23.7 Å². The first-order valence-electron chi connectivity index (χ1n) is 9.88. The second-order valence-electron chi connectivity index (χ2n) is 7.28. The van der Waals surface area contributed by atoms with Gasteiger partial charge in [0.25, 0.3) is 5.56 Å². The third-order valence-corrected chi connectivity index (χ3v) is 6.14. The Labute approximate surface area is 176 Å². The highest BCUT2D eigenvalue weighted by atomic mass is 32.2. The van der Waals surface area contributed by atoms with Crippen LogP contribution in [-0.4, -0.2) is 63.2 Å². The first-order chi connectivity index (χ1) is 13.9. The monoisotopic (exact) mass is 412 g/mol. The van der Waals surface area contributed by atoms with E-state index >= 15 is 0 Å². The Bertz CT molecular complexity index is 918. The summed E-state index contributed by atoms with van der Waals surface area (Å²) >= 11 is 1.35. The molecule has 154 valence electrons. The SMILES string of the molecule is Cc1cc(=O)n(C)c(SC(C)C(=O)N2CCN(C/C=C/c3ccccc3)CC2)n1. The van der Waals surface area contributed by atoms with Gasteiger partial charge in [-0.15, -0.1) is 0 Å². The molecule has 1 atom stereocenters. The minimum atomic E-state index is -0.278. The first kappa shape index (κ1) is 21.3. The molecule has 0 aliphatic carbocycles. The fraction of sp³-hybridized carbons (Fsp3) is 0.409. The number of piperazine rings is 1. The molecule has 0 spiro atoms. The zero-order valence-corrected chi connectivity index (χ0v) is 18.1. The van der Waals surface area contributed by atoms with Gasteiger partial charge >= 0.3 is 0 Å². The summed E-state index contributed by atoms with van der Waals surface area (Å²) in [5.41, 5.74) is 1.77. The van der Waals surface area contributed by atoms with E-state index in [4.69, 9.17) is 0 Å². The number of thioether (sulfide) groups is 1. The second-order valence-corrected chi connectivity index (χ2v) is 8.58. The molecule has 0 N–H and O–H groups in total. The summed E-state index contributed by atoms with van der Waals surface area (Å²) in [6, 6.07) is 11.8. The summed E-state index contributed by atoms with van der Waals surface area (Å²) in [5, 5.41) is 0.306. The van der Waals surface area contributed by atoms with Gasteiger partial charge in [0.2, 0.25) is 5.91 Å². The maximum Gasteiger partial charge on any atom is 0.254 e. The molecule has 1 aromatic heterocycles. The van der Waals surface area contributed by atoms with Crippen molar-refractivity contribution in [2.75, 3.05) is 32.7 Å². The van der Waals surface area contributed by atoms with E-state index in [1.165, 1.54) is 28.0 Å². The third-order valence-electron chi connectivity index (χ3n) is 5.01. The number of hydrogen-bond donors (Lipinski definition) is 0. The molecular weight excluding hydrogens is 384 g/mol. The van der Waals surface area contributed by atoms with Crippen LogP contribution in [0.15, 0.2) is 52.4 Å². The quantitative estimate of drug-likeness (QED) is 0.539. The molecule has 7 heteroatoms. The molecule has 0 saturated carbocycles. The molecule has 29 heavy (non-hydrogen) atoms. The normalized spacial score (nSPS) is 16.3. The molecule has 1 aliphatic heterocycles. The number of nitrogens with zero attached hydrogens (tertiary/aromatic N) is 4. The summed E-state index contributed by atoms with van der Waals surface area (Å²) < 4.78 is 1.50. The molecule has 1 aliphatic rings. The largest absolute Gasteiger partial charge is 0.339 e. The molecule has 2 aromatic rings. The Morgan fingerprint density at radius 1 is 1.21 bits per heavy atom. The lowest BCUT2D eigenvalue weighted by Crippen LogP contribution is -2.50. The Hall–Kier alpha value is -2.38. The van der Waals surface area contributed by atoms with Gasteiger partial charge in [0.1, 0.15) is 0 Å². The van der Waals surface area contributed by atoms with E-state index in [0.717, 1.165) is 32.7 Å². The molecule has 1 fully saturated rings. The number of carbonyl (C=O) groups is 1. The van der Waals surface area contributed by atoms with Crippen LogP contribution < -0.4 is 5.56 Å². The van der Waals surface area contributed by atoms with Crippen LogP contribution in [-0.2, 0) is 11.8 Å². The predicted molar refractivity (Wildman–Crippen MR) is 118 cm³/mol. The van der Waals surface area contributed by atoms with Gasteiger partial charge in [0.15, 0.2) is 5.16 Å². The van der Waals surface area contributed by atoms with Crippen LogP contribution in [0, 0.1) is 6.92 Å². The molecule has 0 radical (unpaired) electrons. The van der Waals surface area contributed by atoms with Crippen LogP contribution in [0.25, 0.3) is 6.08 Å². The topological polar surface area (TPSA) is 58.4 Å². The summed E-state index contributed by atoms with van der Waals surface area (Å²) in [5.74, 6) is 0.102. The van der Waals surface area contributed by atoms with Crippen molar-refractivity contribution in [1.82, 2.24) is 19.4 Å². The third kappa shape index (κ3) is 5.81. The highest BCUT2D eigenvalue weighted by molar-refractivity contribution is 8.00. The fourth-order valence-electron chi connectivity index (χ4n) is 3.25. The minimum Gasteiger partial charge on any atom is -0.339 e. The molecule has 1 amide bonds. The van der Waals surface area contributed by atoms with Crippen LogP contribution >= 0.6 is 11.8 Å². The summed E-state index contributed by atoms with van der Waals surface area (Å²) in [7, 11) is 1.69. The van der Waals surface area contributed by atoms with E-state index in [-0.39, 0.29) is 16.7 Å². The number of amides is 1. The summed E-state index contributed by atoms with van der Waals surface area (Å²) in [6.45, 7) is 7.75. The van der Waals surface area contributed by atoms with E-state index in [2.05, 4.69) is 34.2 Å². The lowest BCUT2D eigenvalue weighted by atomic mass is 10.2. The highest BCUT2D eigenvalue weighted by Crippen LogP contribution is 2.22. The zero-order chi connectivity index (χ0) is 20.8. The van der Waals surface area contributed by atoms with Gasteiger partial charge in [-0.1, -0.05) is 54.2 Å². The fourth-order valence-corrected chi connectivity index (χ4v) is 4.26. The number of hydrogen-bond acceptors (Lipinski definition) is 5. The van der Waals surface area contributed by atoms with Crippen molar-refractivity contribution in [3.05, 3.63) is 64.1 Å². The Balaban J connectivity index is 1.49. The van der Waals surface area contributed by atoms with E-state index < -0.39 is 0 Å². The molecule has 3 rings (SSSR count). The molecular formula is C22H28N4O2S. The maximum atomic E-state index is 12.8. The Kier molecular flexibility index (Phi) is 7.28. The molecule has 0 bridgehead atoms. The van der Waals surface area contributed by atoms with E-state index in [0.29, 0.717) is 10.9 Å². The molecule has 1 aromatic carbocycles. The van der Waals surface area contributed by atoms with Crippen molar-refractivity contribution in [2.24, 2.45) is 7.05 Å². The van der Waals surface area contributed by atoms with Crippen LogP contribution in [0.4, 0.5) is 0 Å². The van der Waals surface area contributed by atoms with Gasteiger partial charge in [-0.3, -0.25) is 19.1 Å². The van der Waals surface area contributed by atoms with E-state index in [1.807, 2.05) is 30.0 Å². The van der Waals surface area contributed by atoms with E-state index in [1.54, 1.807) is 14.0 Å². The first-order valence-corrected chi connectivity index (χ1v) is 10.8. The van der Waals surface area contributed by atoms with Gasteiger partial charge in [0.05, 0.1) is 5.25 Å². The van der Waals surface area contributed by atoms with Gasteiger partial charge in [-0.25, -0.2) is 4.98 Å². The predicted octanol–water partition coefficient (Wildman–Crippen LogP) is 2.43. The van der Waals surface area contributed by atoms with Gasteiger partial charge < -0.3 is 4.90 Å². The average molecular weight is 413 g/mol. The molecule has 2 heterocycles. The van der Waals surface area contributed by atoms with Gasteiger partial charge in [-0.2, -0.15) is 0 Å². The minimum absolute atomic E-state index is 0.100. The number of carbonyl (C=O) groups excluding carboxylic acids is 1. The van der Waals surface area contributed by atoms with Crippen LogP contribution in [0.3, 0.4) is 0 Å². The number of aromatic nitrogens is 2.